The molecule has 0 spiro atoms. The lowest BCUT2D eigenvalue weighted by Gasteiger charge is -2.24. The molecule has 0 saturated heterocycles. The molecule has 1 rings (SSSR count). The highest BCUT2D eigenvalue weighted by Gasteiger charge is 2.18. The summed E-state index contributed by atoms with van der Waals surface area (Å²) in [6, 6.07) is 0. The molecule has 0 aliphatic rings. The third-order valence-electron chi connectivity index (χ3n) is 3.95. The van der Waals surface area contributed by atoms with E-state index >= 15 is 0 Å². The Balaban J connectivity index is 2.34. The Morgan fingerprint density at radius 1 is 1.16 bits per heavy atom. The fourth-order valence-electron chi connectivity index (χ4n) is 2.70. The Hall–Kier alpha value is -1.43. The highest BCUT2D eigenvalue weighted by atomic mass is 32.1. The summed E-state index contributed by atoms with van der Waals surface area (Å²) >= 11 is 1.38. The zero-order valence-electron chi connectivity index (χ0n) is 15.9. The van der Waals surface area contributed by atoms with E-state index in [-0.39, 0.29) is 18.4 Å². The first-order valence-corrected chi connectivity index (χ1v) is 10.4. The number of aromatic nitrogens is 1. The van der Waals surface area contributed by atoms with E-state index in [0.29, 0.717) is 24.0 Å². The summed E-state index contributed by atoms with van der Waals surface area (Å²) in [4.78, 5) is 30.4. The van der Waals surface area contributed by atoms with Crippen molar-refractivity contribution in [1.29, 1.82) is 0 Å². The van der Waals surface area contributed by atoms with Crippen molar-refractivity contribution >= 4 is 28.3 Å². The highest BCUT2D eigenvalue weighted by Crippen LogP contribution is 2.12. The average molecular weight is 368 g/mol. The van der Waals surface area contributed by atoms with E-state index in [4.69, 9.17) is 0 Å². The lowest BCUT2D eigenvalue weighted by atomic mass is 10.1. The molecule has 2 amide bonds. The van der Waals surface area contributed by atoms with Gasteiger partial charge in [0.1, 0.15) is 0 Å². The van der Waals surface area contributed by atoms with Gasteiger partial charge in [-0.15, -0.1) is 11.3 Å². The quantitative estimate of drug-likeness (QED) is 0.514. The fourth-order valence-corrected chi connectivity index (χ4v) is 3.25. The van der Waals surface area contributed by atoms with Crippen molar-refractivity contribution in [2.45, 2.75) is 72.1 Å². The average Bonchev–Trinajstić information content (AvgIpc) is 3.05. The molecule has 0 aliphatic carbocycles. The molecular formula is C19H33N3O2S. The molecule has 0 aromatic carbocycles. The molecule has 1 N–H and O–H groups in total. The normalized spacial score (nSPS) is 10.9. The van der Waals surface area contributed by atoms with E-state index in [2.05, 4.69) is 31.1 Å². The Bertz CT molecular complexity index is 489. The van der Waals surface area contributed by atoms with Gasteiger partial charge < -0.3 is 10.2 Å². The smallest absolute Gasteiger partial charge is 0.245 e. The van der Waals surface area contributed by atoms with Gasteiger partial charge in [-0.1, -0.05) is 59.3 Å². The first kappa shape index (κ1) is 21.6. The van der Waals surface area contributed by atoms with Crippen LogP contribution in [-0.4, -0.2) is 34.8 Å². The van der Waals surface area contributed by atoms with Crippen LogP contribution in [-0.2, 0) is 9.59 Å². The van der Waals surface area contributed by atoms with Gasteiger partial charge in [-0.25, -0.2) is 4.98 Å². The predicted octanol–water partition coefficient (Wildman–Crippen LogP) is 4.71. The van der Waals surface area contributed by atoms with Crippen molar-refractivity contribution < 1.29 is 9.59 Å². The first-order chi connectivity index (χ1) is 12.0. The maximum Gasteiger partial charge on any atom is 0.245 e. The number of nitrogens with one attached hydrogen (secondary N) is 1. The number of unbranched alkanes of at least 4 members (excludes halogenated alkanes) is 6. The van der Waals surface area contributed by atoms with Gasteiger partial charge in [-0.05, 0) is 12.3 Å². The second-order valence-electron chi connectivity index (χ2n) is 6.92. The van der Waals surface area contributed by atoms with Crippen molar-refractivity contribution in [2.75, 3.05) is 18.4 Å². The van der Waals surface area contributed by atoms with E-state index in [0.717, 1.165) is 12.8 Å². The highest BCUT2D eigenvalue weighted by molar-refractivity contribution is 7.13. The number of nitrogens with zero attached hydrogens (tertiary/aromatic N) is 2. The van der Waals surface area contributed by atoms with E-state index in [9.17, 15) is 9.59 Å². The van der Waals surface area contributed by atoms with Crippen molar-refractivity contribution in [1.82, 2.24) is 9.88 Å². The van der Waals surface area contributed by atoms with Gasteiger partial charge in [0.05, 0.1) is 6.54 Å². The topological polar surface area (TPSA) is 62.3 Å². The predicted molar refractivity (Wildman–Crippen MR) is 105 cm³/mol. The van der Waals surface area contributed by atoms with E-state index in [1.165, 1.54) is 43.4 Å². The molecule has 25 heavy (non-hydrogen) atoms. The maximum atomic E-state index is 12.5. The third kappa shape index (κ3) is 10.2. The minimum absolute atomic E-state index is 0.0801. The number of hydrogen-bond acceptors (Lipinski definition) is 4. The molecular weight excluding hydrogens is 334 g/mol. The van der Waals surface area contributed by atoms with E-state index in [1.54, 1.807) is 11.1 Å². The van der Waals surface area contributed by atoms with Crippen LogP contribution in [0.25, 0.3) is 0 Å². The molecule has 1 heterocycles. The summed E-state index contributed by atoms with van der Waals surface area (Å²) < 4.78 is 0. The van der Waals surface area contributed by atoms with Crippen LogP contribution in [0.1, 0.15) is 72.1 Å². The van der Waals surface area contributed by atoms with Crippen molar-refractivity contribution in [2.24, 2.45) is 5.92 Å². The fraction of sp³-hybridized carbons (Fsp3) is 0.737. The van der Waals surface area contributed by atoms with Crippen LogP contribution in [0.5, 0.6) is 0 Å². The zero-order valence-corrected chi connectivity index (χ0v) is 16.7. The van der Waals surface area contributed by atoms with Crippen LogP contribution >= 0.6 is 11.3 Å². The second-order valence-corrected chi connectivity index (χ2v) is 7.82. The molecule has 6 heteroatoms. The van der Waals surface area contributed by atoms with Gasteiger partial charge in [0.15, 0.2) is 5.13 Å². The van der Waals surface area contributed by atoms with Crippen LogP contribution in [0, 0.1) is 5.92 Å². The number of rotatable bonds is 13. The van der Waals surface area contributed by atoms with Gasteiger partial charge in [0.2, 0.25) is 11.8 Å². The molecule has 0 bridgehead atoms. The maximum absolute atomic E-state index is 12.5. The second kappa shape index (κ2) is 12.9. The molecule has 142 valence electrons. The standard InChI is InChI=1S/C19H33N3O2S/c1-4-5-6-7-8-9-10-11-18(24)22(14-16(2)3)15-17(23)21-19-20-12-13-25-19/h12-13,16H,4-11,14-15H2,1-3H3,(H,20,21,23). The molecule has 0 atom stereocenters. The number of amides is 2. The minimum Gasteiger partial charge on any atom is -0.333 e. The molecule has 0 fully saturated rings. The van der Waals surface area contributed by atoms with Gasteiger partial charge in [-0.2, -0.15) is 0 Å². The zero-order chi connectivity index (χ0) is 18.5. The Morgan fingerprint density at radius 2 is 1.84 bits per heavy atom. The molecule has 1 aromatic heterocycles. The Labute approximate surface area is 156 Å². The number of hydrogen-bond donors (Lipinski definition) is 1. The third-order valence-corrected chi connectivity index (χ3v) is 4.63. The molecule has 0 unspecified atom stereocenters. The molecule has 5 nitrogen and oxygen atoms in total. The lowest BCUT2D eigenvalue weighted by molar-refractivity contribution is -0.135. The molecule has 0 radical (unpaired) electrons. The summed E-state index contributed by atoms with van der Waals surface area (Å²) in [7, 11) is 0. The number of carbonyl (C=O) groups is 2. The van der Waals surface area contributed by atoms with Crippen molar-refractivity contribution in [3.63, 3.8) is 0 Å². The van der Waals surface area contributed by atoms with E-state index < -0.39 is 0 Å². The SMILES string of the molecule is CCCCCCCCCC(=O)N(CC(=O)Nc1nccs1)CC(C)C. The summed E-state index contributed by atoms with van der Waals surface area (Å²) in [6.07, 6.45) is 10.5. The Kier molecular flexibility index (Phi) is 11.1. The molecule has 0 aliphatic heterocycles. The summed E-state index contributed by atoms with van der Waals surface area (Å²) in [6.45, 7) is 7.06. The van der Waals surface area contributed by atoms with Crippen LogP contribution in [0.2, 0.25) is 0 Å². The van der Waals surface area contributed by atoms with Crippen LogP contribution in [0.3, 0.4) is 0 Å². The molecule has 1 aromatic rings. The molecule has 0 saturated carbocycles. The van der Waals surface area contributed by atoms with Crippen molar-refractivity contribution in [3.8, 4) is 0 Å². The van der Waals surface area contributed by atoms with Crippen molar-refractivity contribution in [3.05, 3.63) is 11.6 Å². The lowest BCUT2D eigenvalue weighted by Crippen LogP contribution is -2.40. The van der Waals surface area contributed by atoms with Gasteiger partial charge in [0.25, 0.3) is 0 Å². The van der Waals surface area contributed by atoms with Gasteiger partial charge in [-0.3, -0.25) is 9.59 Å². The number of thiazole rings is 1. The van der Waals surface area contributed by atoms with E-state index in [1.807, 2.05) is 5.38 Å². The Morgan fingerprint density at radius 3 is 2.44 bits per heavy atom. The number of carbonyl (C=O) groups excluding carboxylic acids is 2. The summed E-state index contributed by atoms with van der Waals surface area (Å²) in [5.74, 6) is 0.241. The van der Waals surface area contributed by atoms with Crippen LogP contribution in [0.4, 0.5) is 5.13 Å². The summed E-state index contributed by atoms with van der Waals surface area (Å²) in [5.41, 5.74) is 0. The van der Waals surface area contributed by atoms with Crippen LogP contribution in [0.15, 0.2) is 11.6 Å². The van der Waals surface area contributed by atoms with Gasteiger partial charge >= 0.3 is 0 Å². The number of anilines is 1. The first-order valence-electron chi connectivity index (χ1n) is 9.50. The van der Waals surface area contributed by atoms with Gasteiger partial charge in [0, 0.05) is 24.5 Å². The monoisotopic (exact) mass is 367 g/mol. The minimum atomic E-state index is -0.177. The summed E-state index contributed by atoms with van der Waals surface area (Å²) in [5, 5.41) is 5.14. The largest absolute Gasteiger partial charge is 0.333 e. The van der Waals surface area contributed by atoms with Crippen LogP contribution < -0.4 is 5.32 Å².